The standard InChI is InChI=1S/C7H14O2/c1-3-7-4-6(2)8-5-9-7/h6-7H,3-5H2,1-2H3/t6-,7+/m0/s1. The van der Waals surface area contributed by atoms with Crippen molar-refractivity contribution in [3.8, 4) is 0 Å². The predicted molar refractivity (Wildman–Crippen MR) is 35.2 cm³/mol. The van der Waals surface area contributed by atoms with Crippen LogP contribution in [0.2, 0.25) is 0 Å². The van der Waals surface area contributed by atoms with E-state index in [1.165, 1.54) is 0 Å². The lowest BCUT2D eigenvalue weighted by Crippen LogP contribution is -2.28. The Kier molecular flexibility index (Phi) is 2.49. The highest BCUT2D eigenvalue weighted by atomic mass is 16.7. The van der Waals surface area contributed by atoms with Crippen LogP contribution in [0.4, 0.5) is 0 Å². The van der Waals surface area contributed by atoms with E-state index >= 15 is 0 Å². The van der Waals surface area contributed by atoms with Gasteiger partial charge in [0.1, 0.15) is 6.79 Å². The minimum Gasteiger partial charge on any atom is -0.352 e. The molecule has 0 N–H and O–H groups in total. The van der Waals surface area contributed by atoms with Gasteiger partial charge in [0.25, 0.3) is 0 Å². The summed E-state index contributed by atoms with van der Waals surface area (Å²) in [5.41, 5.74) is 0. The Morgan fingerprint density at radius 2 is 2.22 bits per heavy atom. The molecule has 1 aliphatic heterocycles. The molecule has 1 rings (SSSR count). The maximum atomic E-state index is 5.28. The first-order valence-electron chi connectivity index (χ1n) is 3.56. The van der Waals surface area contributed by atoms with Gasteiger partial charge >= 0.3 is 0 Å². The van der Waals surface area contributed by atoms with Gasteiger partial charge in [0.05, 0.1) is 12.2 Å². The van der Waals surface area contributed by atoms with E-state index in [0.29, 0.717) is 19.0 Å². The van der Waals surface area contributed by atoms with Crippen LogP contribution in [0.25, 0.3) is 0 Å². The van der Waals surface area contributed by atoms with E-state index in [9.17, 15) is 0 Å². The quantitative estimate of drug-likeness (QED) is 0.536. The first-order chi connectivity index (χ1) is 4.33. The molecule has 1 fully saturated rings. The van der Waals surface area contributed by atoms with Crippen molar-refractivity contribution >= 4 is 0 Å². The fourth-order valence-electron chi connectivity index (χ4n) is 1.04. The van der Waals surface area contributed by atoms with Gasteiger partial charge in [0, 0.05) is 0 Å². The second-order valence-electron chi connectivity index (χ2n) is 2.53. The Bertz CT molecular complexity index is 83.0. The van der Waals surface area contributed by atoms with Crippen LogP contribution in [-0.4, -0.2) is 19.0 Å². The van der Waals surface area contributed by atoms with Gasteiger partial charge < -0.3 is 9.47 Å². The second-order valence-corrected chi connectivity index (χ2v) is 2.53. The average molecular weight is 130 g/mol. The smallest absolute Gasteiger partial charge is 0.147 e. The van der Waals surface area contributed by atoms with E-state index in [0.717, 1.165) is 12.8 Å². The molecule has 0 aliphatic carbocycles. The highest BCUT2D eigenvalue weighted by Crippen LogP contribution is 2.14. The highest BCUT2D eigenvalue weighted by Gasteiger charge is 2.17. The van der Waals surface area contributed by atoms with Crippen molar-refractivity contribution in [2.24, 2.45) is 0 Å². The summed E-state index contributed by atoms with van der Waals surface area (Å²) in [4.78, 5) is 0. The molecule has 0 aromatic carbocycles. The van der Waals surface area contributed by atoms with Gasteiger partial charge in [-0.15, -0.1) is 0 Å². The van der Waals surface area contributed by atoms with E-state index in [4.69, 9.17) is 9.47 Å². The zero-order valence-electron chi connectivity index (χ0n) is 6.09. The number of hydrogen-bond donors (Lipinski definition) is 0. The van der Waals surface area contributed by atoms with Crippen molar-refractivity contribution in [1.29, 1.82) is 0 Å². The molecule has 1 aliphatic rings. The van der Waals surface area contributed by atoms with Crippen molar-refractivity contribution < 1.29 is 9.47 Å². The summed E-state index contributed by atoms with van der Waals surface area (Å²) in [5, 5.41) is 0. The minimum atomic E-state index is 0.392. The van der Waals surface area contributed by atoms with Crippen molar-refractivity contribution in [2.45, 2.75) is 38.9 Å². The van der Waals surface area contributed by atoms with Gasteiger partial charge in [-0.25, -0.2) is 0 Å². The van der Waals surface area contributed by atoms with Crippen molar-refractivity contribution in [2.75, 3.05) is 6.79 Å². The molecular formula is C7H14O2. The Morgan fingerprint density at radius 1 is 1.44 bits per heavy atom. The molecule has 54 valence electrons. The normalized spacial score (nSPS) is 36.7. The van der Waals surface area contributed by atoms with Gasteiger partial charge in [0.15, 0.2) is 0 Å². The zero-order valence-corrected chi connectivity index (χ0v) is 6.09. The van der Waals surface area contributed by atoms with Gasteiger partial charge in [-0.3, -0.25) is 0 Å². The maximum absolute atomic E-state index is 5.28. The van der Waals surface area contributed by atoms with Crippen LogP contribution in [0.3, 0.4) is 0 Å². The van der Waals surface area contributed by atoms with Gasteiger partial charge in [-0.05, 0) is 19.8 Å². The van der Waals surface area contributed by atoms with Crippen LogP contribution in [0.15, 0.2) is 0 Å². The molecule has 0 radical (unpaired) electrons. The molecule has 0 aromatic heterocycles. The Balaban J connectivity index is 2.23. The Morgan fingerprint density at radius 3 is 2.67 bits per heavy atom. The molecule has 2 atom stereocenters. The van der Waals surface area contributed by atoms with Crippen LogP contribution >= 0.6 is 0 Å². The van der Waals surface area contributed by atoms with Crippen molar-refractivity contribution in [3.63, 3.8) is 0 Å². The third-order valence-electron chi connectivity index (χ3n) is 1.71. The lowest BCUT2D eigenvalue weighted by molar-refractivity contribution is -0.170. The first kappa shape index (κ1) is 7.03. The van der Waals surface area contributed by atoms with E-state index in [1.54, 1.807) is 0 Å². The van der Waals surface area contributed by atoms with Crippen LogP contribution in [0.1, 0.15) is 26.7 Å². The summed E-state index contributed by atoms with van der Waals surface area (Å²) in [6, 6.07) is 0. The molecule has 1 saturated heterocycles. The number of rotatable bonds is 1. The molecule has 2 heteroatoms. The number of ether oxygens (including phenoxy) is 2. The largest absolute Gasteiger partial charge is 0.352 e. The average Bonchev–Trinajstić information content (AvgIpc) is 1.88. The molecule has 9 heavy (non-hydrogen) atoms. The van der Waals surface area contributed by atoms with Crippen LogP contribution < -0.4 is 0 Å². The summed E-state index contributed by atoms with van der Waals surface area (Å²) in [7, 11) is 0. The third-order valence-corrected chi connectivity index (χ3v) is 1.71. The minimum absolute atomic E-state index is 0.392. The molecule has 1 heterocycles. The third kappa shape index (κ3) is 1.95. The van der Waals surface area contributed by atoms with E-state index in [1.807, 2.05) is 0 Å². The summed E-state index contributed by atoms with van der Waals surface area (Å²) in [5.74, 6) is 0. The van der Waals surface area contributed by atoms with Crippen molar-refractivity contribution in [3.05, 3.63) is 0 Å². The van der Waals surface area contributed by atoms with Gasteiger partial charge in [0.2, 0.25) is 0 Å². The number of hydrogen-bond acceptors (Lipinski definition) is 2. The Hall–Kier alpha value is -0.0800. The van der Waals surface area contributed by atoms with Crippen molar-refractivity contribution in [1.82, 2.24) is 0 Å². The molecular weight excluding hydrogens is 116 g/mol. The summed E-state index contributed by atoms with van der Waals surface area (Å²) >= 11 is 0. The summed E-state index contributed by atoms with van der Waals surface area (Å²) in [6.45, 7) is 4.72. The maximum Gasteiger partial charge on any atom is 0.147 e. The molecule has 0 amide bonds. The molecule has 2 nitrogen and oxygen atoms in total. The fraction of sp³-hybridized carbons (Fsp3) is 1.00. The van der Waals surface area contributed by atoms with E-state index < -0.39 is 0 Å². The molecule has 0 unspecified atom stereocenters. The molecule has 0 spiro atoms. The van der Waals surface area contributed by atoms with Crippen LogP contribution in [0, 0.1) is 0 Å². The monoisotopic (exact) mass is 130 g/mol. The molecule has 0 aromatic rings. The summed E-state index contributed by atoms with van der Waals surface area (Å²) in [6.07, 6.45) is 2.99. The summed E-state index contributed by atoms with van der Waals surface area (Å²) < 4.78 is 10.5. The predicted octanol–water partition coefficient (Wildman–Crippen LogP) is 1.55. The first-order valence-corrected chi connectivity index (χ1v) is 3.56. The molecule has 0 saturated carbocycles. The van der Waals surface area contributed by atoms with Gasteiger partial charge in [-0.1, -0.05) is 6.92 Å². The topological polar surface area (TPSA) is 18.5 Å². The lowest BCUT2D eigenvalue weighted by atomic mass is 10.1. The van der Waals surface area contributed by atoms with E-state index in [2.05, 4.69) is 13.8 Å². The van der Waals surface area contributed by atoms with Crippen LogP contribution in [-0.2, 0) is 9.47 Å². The van der Waals surface area contributed by atoms with Gasteiger partial charge in [-0.2, -0.15) is 0 Å². The van der Waals surface area contributed by atoms with Crippen LogP contribution in [0.5, 0.6) is 0 Å². The molecule has 0 bridgehead atoms. The Labute approximate surface area is 56.2 Å². The SMILES string of the molecule is CC[C@@H]1C[C@H](C)OCO1. The van der Waals surface area contributed by atoms with E-state index in [-0.39, 0.29) is 0 Å². The fourth-order valence-corrected chi connectivity index (χ4v) is 1.04. The second kappa shape index (κ2) is 3.18. The lowest BCUT2D eigenvalue weighted by Gasteiger charge is -2.26. The highest BCUT2D eigenvalue weighted by molar-refractivity contribution is 4.63. The zero-order chi connectivity index (χ0) is 6.69.